The Labute approximate surface area is 149 Å². The number of amides is 1. The largest absolute Gasteiger partial charge is 0.342 e. The number of pyridine rings is 1. The maximum atomic E-state index is 12.3. The second kappa shape index (κ2) is 6.70. The van der Waals surface area contributed by atoms with Crippen molar-refractivity contribution in [3.05, 3.63) is 50.5 Å². The van der Waals surface area contributed by atoms with Crippen molar-refractivity contribution in [2.75, 3.05) is 0 Å². The van der Waals surface area contributed by atoms with E-state index >= 15 is 0 Å². The predicted octanol–water partition coefficient (Wildman–Crippen LogP) is 1.49. The molecule has 26 heavy (non-hydrogen) atoms. The summed E-state index contributed by atoms with van der Waals surface area (Å²) in [7, 11) is 0. The van der Waals surface area contributed by atoms with Crippen LogP contribution in [-0.4, -0.2) is 25.5 Å². The normalized spacial score (nSPS) is 12.0. The first-order chi connectivity index (χ1) is 11.9. The summed E-state index contributed by atoms with van der Waals surface area (Å²) in [5, 5.41) is 17.4. The van der Waals surface area contributed by atoms with Gasteiger partial charge in [0.2, 0.25) is 11.8 Å². The minimum absolute atomic E-state index is 0.273. The molecule has 1 amide bonds. The van der Waals surface area contributed by atoms with Gasteiger partial charge in [0.25, 0.3) is 11.2 Å². The molecule has 140 valence electrons. The molecule has 1 N–H and O–H groups in total. The van der Waals surface area contributed by atoms with Crippen molar-refractivity contribution in [1.29, 1.82) is 0 Å². The van der Waals surface area contributed by atoms with Crippen LogP contribution in [-0.2, 0) is 22.3 Å². The van der Waals surface area contributed by atoms with E-state index in [4.69, 9.17) is 4.52 Å². The van der Waals surface area contributed by atoms with Gasteiger partial charge in [0.05, 0.1) is 16.7 Å². The third-order valence-corrected chi connectivity index (χ3v) is 3.57. The van der Waals surface area contributed by atoms with Crippen LogP contribution in [0.5, 0.6) is 0 Å². The molecule has 10 nitrogen and oxygen atoms in total. The van der Waals surface area contributed by atoms with Crippen molar-refractivity contribution in [3.63, 3.8) is 0 Å². The molecule has 0 unspecified atom stereocenters. The Balaban J connectivity index is 2.16. The van der Waals surface area contributed by atoms with Gasteiger partial charge in [-0.25, -0.2) is 0 Å². The molecule has 0 aliphatic carbocycles. The van der Waals surface area contributed by atoms with Gasteiger partial charge in [-0.05, 0) is 13.8 Å². The highest BCUT2D eigenvalue weighted by Crippen LogP contribution is 2.23. The highest BCUT2D eigenvalue weighted by Gasteiger charge is 2.31. The molecule has 0 radical (unpaired) electrons. The Bertz CT molecular complexity index is 891. The minimum atomic E-state index is -0.950. The van der Waals surface area contributed by atoms with Crippen LogP contribution in [0.4, 0.5) is 5.69 Å². The van der Waals surface area contributed by atoms with Gasteiger partial charge < -0.3 is 9.84 Å². The van der Waals surface area contributed by atoms with E-state index in [2.05, 4.69) is 15.5 Å². The average Bonchev–Trinajstić information content (AvgIpc) is 2.99. The molecule has 0 bridgehead atoms. The summed E-state index contributed by atoms with van der Waals surface area (Å²) in [5.41, 5.74) is -2.07. The predicted molar refractivity (Wildman–Crippen MR) is 91.5 cm³/mol. The Hall–Kier alpha value is -3.04. The molecular formula is C16H21N5O5. The van der Waals surface area contributed by atoms with E-state index in [1.54, 1.807) is 13.8 Å². The summed E-state index contributed by atoms with van der Waals surface area (Å²) >= 11 is 0. The Morgan fingerprint density at radius 1 is 1.31 bits per heavy atom. The number of carbonyl (C=O) groups is 1. The molecular weight excluding hydrogens is 342 g/mol. The van der Waals surface area contributed by atoms with Gasteiger partial charge in [-0.15, -0.1) is 0 Å². The molecule has 0 aromatic carbocycles. The van der Waals surface area contributed by atoms with E-state index in [0.29, 0.717) is 11.7 Å². The average molecular weight is 363 g/mol. The van der Waals surface area contributed by atoms with Gasteiger partial charge in [-0.2, -0.15) is 4.98 Å². The summed E-state index contributed by atoms with van der Waals surface area (Å²) in [5.74, 6) is 0.214. The van der Waals surface area contributed by atoms with Gasteiger partial charge in [-0.3, -0.25) is 24.3 Å². The number of nitrogens with one attached hydrogen (secondary N) is 1. The zero-order valence-corrected chi connectivity index (χ0v) is 15.3. The van der Waals surface area contributed by atoms with Crippen LogP contribution >= 0.6 is 0 Å². The van der Waals surface area contributed by atoms with Crippen molar-refractivity contribution >= 4 is 11.6 Å². The lowest BCUT2D eigenvalue weighted by molar-refractivity contribution is -0.385. The monoisotopic (exact) mass is 363 g/mol. The molecule has 0 saturated carbocycles. The van der Waals surface area contributed by atoms with Gasteiger partial charge in [-0.1, -0.05) is 25.9 Å². The van der Waals surface area contributed by atoms with Gasteiger partial charge in [0.1, 0.15) is 6.54 Å². The first-order valence-electron chi connectivity index (χ1n) is 7.91. The molecule has 0 aliphatic rings. The number of nitrogens with zero attached hydrogens (tertiary/aromatic N) is 4. The van der Waals surface area contributed by atoms with E-state index in [1.165, 1.54) is 0 Å². The van der Waals surface area contributed by atoms with E-state index in [1.807, 2.05) is 20.8 Å². The van der Waals surface area contributed by atoms with Gasteiger partial charge in [0.15, 0.2) is 5.82 Å². The van der Waals surface area contributed by atoms with Crippen molar-refractivity contribution < 1.29 is 14.2 Å². The van der Waals surface area contributed by atoms with Crippen LogP contribution in [0.3, 0.4) is 0 Å². The van der Waals surface area contributed by atoms with Crippen molar-refractivity contribution in [1.82, 2.24) is 20.0 Å². The van der Waals surface area contributed by atoms with Crippen molar-refractivity contribution in [2.45, 2.75) is 52.1 Å². The van der Waals surface area contributed by atoms with Crippen molar-refractivity contribution in [2.24, 2.45) is 0 Å². The number of nitro groups is 1. The number of carbonyl (C=O) groups excluding carboxylic acids is 1. The number of aromatic nitrogens is 3. The van der Waals surface area contributed by atoms with Crippen LogP contribution in [0, 0.1) is 10.1 Å². The molecule has 2 rings (SSSR count). The first-order valence-corrected chi connectivity index (χ1v) is 7.91. The summed E-state index contributed by atoms with van der Waals surface area (Å²) in [4.78, 5) is 38.6. The van der Waals surface area contributed by atoms with Crippen LogP contribution in [0.2, 0.25) is 0 Å². The van der Waals surface area contributed by atoms with E-state index < -0.39 is 21.9 Å². The van der Waals surface area contributed by atoms with E-state index in [-0.39, 0.29) is 17.6 Å². The lowest BCUT2D eigenvalue weighted by atomic mass is 9.97. The molecule has 0 aliphatic heterocycles. The topological polar surface area (TPSA) is 133 Å². The summed E-state index contributed by atoms with van der Waals surface area (Å²) < 4.78 is 6.21. The molecule has 2 heterocycles. The Morgan fingerprint density at radius 3 is 2.50 bits per heavy atom. The molecule has 0 atom stereocenters. The molecule has 10 heteroatoms. The zero-order valence-electron chi connectivity index (χ0n) is 15.3. The quantitative estimate of drug-likeness (QED) is 0.628. The summed E-state index contributed by atoms with van der Waals surface area (Å²) in [6.45, 7) is 8.78. The third kappa shape index (κ3) is 4.32. The Morgan fingerprint density at radius 2 is 1.96 bits per heavy atom. The maximum absolute atomic E-state index is 12.3. The SMILES string of the molecule is CC(C)(C)c1nc(C(C)(C)NC(=O)Cn2cc([N+](=O)[O-])ccc2=O)no1. The van der Waals surface area contributed by atoms with Gasteiger partial charge >= 0.3 is 0 Å². The lowest BCUT2D eigenvalue weighted by Crippen LogP contribution is -2.44. The molecule has 0 spiro atoms. The Kier molecular flexibility index (Phi) is 4.97. The number of rotatable bonds is 5. The van der Waals surface area contributed by atoms with Crippen molar-refractivity contribution in [3.8, 4) is 0 Å². The van der Waals surface area contributed by atoms with Gasteiger partial charge in [0, 0.05) is 17.5 Å². The highest BCUT2D eigenvalue weighted by atomic mass is 16.6. The second-order valence-corrected chi connectivity index (χ2v) is 7.46. The first kappa shape index (κ1) is 19.3. The minimum Gasteiger partial charge on any atom is -0.342 e. The fraction of sp³-hybridized carbons (Fsp3) is 0.500. The maximum Gasteiger partial charge on any atom is 0.285 e. The van der Waals surface area contributed by atoms with E-state index in [0.717, 1.165) is 22.9 Å². The molecule has 0 saturated heterocycles. The standard InChI is InChI=1S/C16H21N5O5/c1-15(2,3)14-17-13(19-26-14)16(4,5)18-11(22)9-20-8-10(21(24)25)6-7-12(20)23/h6-8H,9H2,1-5H3,(H,18,22). The summed E-state index contributed by atoms with van der Waals surface area (Å²) in [6.07, 6.45) is 1.03. The molecule has 0 fully saturated rings. The zero-order chi connectivity index (χ0) is 19.7. The number of hydrogen-bond donors (Lipinski definition) is 1. The van der Waals surface area contributed by atoms with Crippen LogP contribution in [0.25, 0.3) is 0 Å². The van der Waals surface area contributed by atoms with E-state index in [9.17, 15) is 19.7 Å². The van der Waals surface area contributed by atoms with Crippen LogP contribution in [0.1, 0.15) is 46.3 Å². The lowest BCUT2D eigenvalue weighted by Gasteiger charge is -2.22. The smallest absolute Gasteiger partial charge is 0.285 e. The van der Waals surface area contributed by atoms with Crippen LogP contribution < -0.4 is 10.9 Å². The fourth-order valence-electron chi connectivity index (χ4n) is 2.13. The molecule has 2 aromatic rings. The summed E-state index contributed by atoms with van der Waals surface area (Å²) in [6, 6.07) is 2.14. The number of hydrogen-bond acceptors (Lipinski definition) is 7. The third-order valence-electron chi connectivity index (χ3n) is 3.57. The second-order valence-electron chi connectivity index (χ2n) is 7.46. The van der Waals surface area contributed by atoms with Crippen LogP contribution in [0.15, 0.2) is 27.6 Å². The highest BCUT2D eigenvalue weighted by molar-refractivity contribution is 5.76. The molecule has 2 aromatic heterocycles. The fourth-order valence-corrected chi connectivity index (χ4v) is 2.13.